The number of ether oxygens (including phenoxy) is 1. The van der Waals surface area contributed by atoms with Crippen LogP contribution in [0.25, 0.3) is 10.9 Å². The second kappa shape index (κ2) is 6.89. The highest BCUT2D eigenvalue weighted by molar-refractivity contribution is 5.86. The third-order valence-corrected chi connectivity index (χ3v) is 5.20. The quantitative estimate of drug-likeness (QED) is 0.706. The number of H-pyrrole nitrogens is 1. The summed E-state index contributed by atoms with van der Waals surface area (Å²) in [6, 6.07) is 12.7. The summed E-state index contributed by atoms with van der Waals surface area (Å²) in [7, 11) is 0. The van der Waals surface area contributed by atoms with Crippen molar-refractivity contribution in [3.63, 3.8) is 0 Å². The average Bonchev–Trinajstić information content (AvgIpc) is 3.06. The first-order valence-corrected chi connectivity index (χ1v) is 9.04. The Morgan fingerprint density at radius 2 is 1.89 bits per heavy atom. The van der Waals surface area contributed by atoms with Gasteiger partial charge in [-0.15, -0.1) is 0 Å². The number of carbonyl (C=O) groups excluding carboxylic acids is 1. The number of amides is 1. The number of nitrogens with one attached hydrogen (secondary N) is 1. The molecule has 3 aromatic rings. The summed E-state index contributed by atoms with van der Waals surface area (Å²) >= 11 is 0. The molecular weight excluding hydrogens is 369 g/mol. The highest BCUT2D eigenvalue weighted by Crippen LogP contribution is 2.37. The predicted octanol–water partition coefficient (Wildman–Crippen LogP) is 4.71. The van der Waals surface area contributed by atoms with Gasteiger partial charge in [0, 0.05) is 23.1 Å². The van der Waals surface area contributed by atoms with Crippen LogP contribution in [0, 0.1) is 0 Å². The van der Waals surface area contributed by atoms with Crippen LogP contribution < -0.4 is 4.74 Å². The van der Waals surface area contributed by atoms with Crippen LogP contribution in [0.5, 0.6) is 5.75 Å². The lowest BCUT2D eigenvalue weighted by atomic mass is 9.98. The normalized spacial score (nSPS) is 16.9. The summed E-state index contributed by atoms with van der Waals surface area (Å²) in [4.78, 5) is 17.7. The molecule has 1 aromatic heterocycles. The molecule has 2 heterocycles. The minimum atomic E-state index is -4.53. The van der Waals surface area contributed by atoms with Gasteiger partial charge in [-0.25, -0.2) is 0 Å². The fourth-order valence-corrected chi connectivity index (χ4v) is 3.82. The summed E-state index contributed by atoms with van der Waals surface area (Å²) in [6.07, 6.45) is -3.84. The first-order valence-electron chi connectivity index (χ1n) is 9.04. The number of nitrogens with zero attached hydrogens (tertiary/aromatic N) is 1. The maximum absolute atomic E-state index is 13.1. The summed E-state index contributed by atoms with van der Waals surface area (Å²) in [5.41, 5.74) is 2.29. The van der Waals surface area contributed by atoms with E-state index in [1.54, 1.807) is 4.90 Å². The van der Waals surface area contributed by atoms with Gasteiger partial charge in [0.05, 0.1) is 11.6 Å². The Balaban J connectivity index is 1.51. The molecule has 0 spiro atoms. The van der Waals surface area contributed by atoms with Crippen LogP contribution in [0.1, 0.15) is 29.8 Å². The number of halogens is 3. The van der Waals surface area contributed by atoms with E-state index in [2.05, 4.69) is 4.98 Å². The summed E-state index contributed by atoms with van der Waals surface area (Å²) in [5, 5.41) is 1.15. The van der Waals surface area contributed by atoms with E-state index in [0.717, 1.165) is 22.7 Å². The molecule has 28 heavy (non-hydrogen) atoms. The van der Waals surface area contributed by atoms with Crippen molar-refractivity contribution in [1.29, 1.82) is 0 Å². The first kappa shape index (κ1) is 18.4. The largest absolute Gasteiger partial charge is 0.483 e. The molecule has 7 heteroatoms. The topological polar surface area (TPSA) is 45.3 Å². The van der Waals surface area contributed by atoms with Crippen LogP contribution in [0.15, 0.2) is 48.5 Å². The molecule has 4 rings (SSSR count). The van der Waals surface area contributed by atoms with Crippen molar-refractivity contribution in [2.45, 2.75) is 25.6 Å². The van der Waals surface area contributed by atoms with E-state index in [9.17, 15) is 18.0 Å². The molecule has 2 aromatic carbocycles. The van der Waals surface area contributed by atoms with Gasteiger partial charge in [-0.3, -0.25) is 4.79 Å². The number of hydrogen-bond donors (Lipinski definition) is 1. The maximum Gasteiger partial charge on any atom is 0.419 e. The molecule has 0 radical (unpaired) electrons. The number of rotatable bonds is 3. The number of aromatic nitrogens is 1. The Bertz CT molecular complexity index is 1030. The number of benzene rings is 2. The molecule has 1 unspecified atom stereocenters. The number of alkyl halides is 3. The molecule has 0 aliphatic carbocycles. The number of carbonyl (C=O) groups is 1. The van der Waals surface area contributed by atoms with Crippen LogP contribution in [0.3, 0.4) is 0 Å². The first-order chi connectivity index (χ1) is 13.4. The number of fused-ring (bicyclic) bond motifs is 3. The summed E-state index contributed by atoms with van der Waals surface area (Å²) in [6.45, 7) is 1.97. The van der Waals surface area contributed by atoms with Gasteiger partial charge in [0.15, 0.2) is 6.61 Å². The fraction of sp³-hybridized carbons (Fsp3) is 0.286. The SMILES string of the molecule is CC1c2[nH]c3ccccc3c2CCN1C(=O)COc1ccccc1C(F)(F)F. The van der Waals surface area contributed by atoms with E-state index < -0.39 is 18.3 Å². The molecule has 1 amide bonds. The maximum atomic E-state index is 13.1. The second-order valence-electron chi connectivity index (χ2n) is 6.86. The van der Waals surface area contributed by atoms with Crippen molar-refractivity contribution in [3.8, 4) is 5.75 Å². The predicted molar refractivity (Wildman–Crippen MR) is 99.1 cm³/mol. The standard InChI is InChI=1S/C21H19F3N2O2/c1-13-20-15(14-6-2-4-8-17(14)25-20)10-11-26(13)19(27)12-28-18-9-5-3-7-16(18)21(22,23)24/h2-9,13,25H,10-12H2,1H3. The van der Waals surface area contributed by atoms with Gasteiger partial charge >= 0.3 is 6.18 Å². The number of hydrogen-bond acceptors (Lipinski definition) is 2. The lowest BCUT2D eigenvalue weighted by Gasteiger charge is -2.33. The molecule has 1 N–H and O–H groups in total. The van der Waals surface area contributed by atoms with Crippen LogP contribution in [0.4, 0.5) is 13.2 Å². The summed E-state index contributed by atoms with van der Waals surface area (Å²) in [5.74, 6) is -0.673. The van der Waals surface area contributed by atoms with Crippen molar-refractivity contribution in [2.75, 3.05) is 13.2 Å². The van der Waals surface area contributed by atoms with E-state index in [0.29, 0.717) is 13.0 Å². The smallest absolute Gasteiger partial charge is 0.419 e. The Morgan fingerprint density at radius 3 is 2.68 bits per heavy atom. The monoisotopic (exact) mass is 388 g/mol. The molecule has 0 fully saturated rings. The summed E-state index contributed by atoms with van der Waals surface area (Å²) < 4.78 is 44.5. The average molecular weight is 388 g/mol. The van der Waals surface area contributed by atoms with Gasteiger partial charge in [-0.05, 0) is 37.1 Å². The third-order valence-electron chi connectivity index (χ3n) is 5.20. The number of aromatic amines is 1. The highest BCUT2D eigenvalue weighted by Gasteiger charge is 2.35. The van der Waals surface area contributed by atoms with Crippen LogP contribution in [-0.4, -0.2) is 28.9 Å². The zero-order valence-electron chi connectivity index (χ0n) is 15.2. The van der Waals surface area contributed by atoms with Crippen molar-refractivity contribution in [2.24, 2.45) is 0 Å². The van der Waals surface area contributed by atoms with Gasteiger partial charge < -0.3 is 14.6 Å². The fourth-order valence-electron chi connectivity index (χ4n) is 3.82. The molecule has 1 aliphatic heterocycles. The minimum Gasteiger partial charge on any atom is -0.483 e. The molecule has 1 aliphatic rings. The molecule has 1 atom stereocenters. The van der Waals surface area contributed by atoms with Crippen molar-refractivity contribution < 1.29 is 22.7 Å². The van der Waals surface area contributed by atoms with Gasteiger partial charge in [0.2, 0.25) is 0 Å². The lowest BCUT2D eigenvalue weighted by Crippen LogP contribution is -2.41. The van der Waals surface area contributed by atoms with Crippen molar-refractivity contribution in [3.05, 3.63) is 65.4 Å². The van der Waals surface area contributed by atoms with Crippen LogP contribution >= 0.6 is 0 Å². The van der Waals surface area contributed by atoms with E-state index in [-0.39, 0.29) is 17.7 Å². The van der Waals surface area contributed by atoms with E-state index >= 15 is 0 Å². The Kier molecular flexibility index (Phi) is 4.53. The van der Waals surface area contributed by atoms with Crippen LogP contribution in [0.2, 0.25) is 0 Å². The Hall–Kier alpha value is -2.96. The minimum absolute atomic E-state index is 0.204. The molecule has 4 nitrogen and oxygen atoms in total. The van der Waals surface area contributed by atoms with Gasteiger partial charge in [0.1, 0.15) is 5.75 Å². The second-order valence-corrected chi connectivity index (χ2v) is 6.86. The van der Waals surface area contributed by atoms with Crippen molar-refractivity contribution >= 4 is 16.8 Å². The molecule has 146 valence electrons. The van der Waals surface area contributed by atoms with Gasteiger partial charge in [0.25, 0.3) is 5.91 Å². The van der Waals surface area contributed by atoms with E-state index in [1.165, 1.54) is 23.8 Å². The van der Waals surface area contributed by atoms with Crippen molar-refractivity contribution in [1.82, 2.24) is 9.88 Å². The molecule has 0 saturated heterocycles. The van der Waals surface area contributed by atoms with Gasteiger partial charge in [-0.2, -0.15) is 13.2 Å². The number of para-hydroxylation sites is 2. The zero-order chi connectivity index (χ0) is 19.9. The third kappa shape index (κ3) is 3.21. The Morgan fingerprint density at radius 1 is 1.18 bits per heavy atom. The molecule has 0 saturated carbocycles. The Labute approximate surface area is 159 Å². The van der Waals surface area contributed by atoms with Gasteiger partial charge in [-0.1, -0.05) is 30.3 Å². The van der Waals surface area contributed by atoms with Crippen LogP contribution in [-0.2, 0) is 17.4 Å². The lowest BCUT2D eigenvalue weighted by molar-refractivity contribution is -0.141. The van der Waals surface area contributed by atoms with E-state index in [4.69, 9.17) is 4.74 Å². The zero-order valence-corrected chi connectivity index (χ0v) is 15.2. The van der Waals surface area contributed by atoms with E-state index in [1.807, 2.05) is 31.2 Å². The molecular formula is C21H19F3N2O2. The highest BCUT2D eigenvalue weighted by atomic mass is 19.4. The molecule has 0 bridgehead atoms.